The number of hydrogen-bond acceptors (Lipinski definition) is 5. The van der Waals surface area contributed by atoms with E-state index in [9.17, 15) is 18.3 Å². The quantitative estimate of drug-likeness (QED) is 0.768. The lowest BCUT2D eigenvalue weighted by Crippen LogP contribution is -2.42. The highest BCUT2D eigenvalue weighted by molar-refractivity contribution is 7.91. The Morgan fingerprint density at radius 1 is 1.35 bits per heavy atom. The van der Waals surface area contributed by atoms with Crippen LogP contribution in [0, 0.1) is 0 Å². The fraction of sp³-hybridized carbons (Fsp3) is 0.462. The molecule has 1 aromatic carbocycles. The molecule has 6 nitrogen and oxygen atoms in total. The van der Waals surface area contributed by atoms with Gasteiger partial charge in [0.25, 0.3) is 5.91 Å². The Hall–Kier alpha value is -1.60. The van der Waals surface area contributed by atoms with Gasteiger partial charge in [-0.05, 0) is 11.6 Å². The Labute approximate surface area is 116 Å². The molecule has 0 bridgehead atoms. The highest BCUT2D eigenvalue weighted by atomic mass is 32.2. The Bertz CT molecular complexity index is 655. The summed E-state index contributed by atoms with van der Waals surface area (Å²) < 4.78 is 28.3. The van der Waals surface area contributed by atoms with Crippen molar-refractivity contribution in [2.45, 2.75) is 18.6 Å². The number of carbonyl (C=O) groups is 1. The predicted molar refractivity (Wildman–Crippen MR) is 71.6 cm³/mol. The molecule has 1 aromatic rings. The maximum atomic E-state index is 12.2. The van der Waals surface area contributed by atoms with E-state index in [1.54, 1.807) is 12.1 Å². The van der Waals surface area contributed by atoms with Gasteiger partial charge in [0, 0.05) is 6.42 Å². The summed E-state index contributed by atoms with van der Waals surface area (Å²) in [5, 5.41) is 12.3. The van der Waals surface area contributed by atoms with Crippen LogP contribution >= 0.6 is 0 Å². The van der Waals surface area contributed by atoms with Crippen LogP contribution in [0.1, 0.15) is 15.9 Å². The number of sulfone groups is 1. The van der Waals surface area contributed by atoms with Gasteiger partial charge in [-0.3, -0.25) is 4.79 Å². The fourth-order valence-electron chi connectivity index (χ4n) is 2.61. The summed E-state index contributed by atoms with van der Waals surface area (Å²) in [6, 6.07) is 4.54. The number of para-hydroxylation sites is 1. The average molecular weight is 297 g/mol. The molecule has 2 aliphatic rings. The summed E-state index contributed by atoms with van der Waals surface area (Å²) in [4.78, 5) is 12.2. The number of aliphatic hydroxyl groups is 1. The van der Waals surface area contributed by atoms with E-state index in [0.717, 1.165) is 12.0 Å². The molecule has 2 N–H and O–H groups in total. The van der Waals surface area contributed by atoms with Gasteiger partial charge in [0.1, 0.15) is 5.75 Å². The first kappa shape index (κ1) is 13.4. The molecule has 1 saturated heterocycles. The molecule has 0 unspecified atom stereocenters. The molecule has 3 rings (SSSR count). The van der Waals surface area contributed by atoms with Crippen molar-refractivity contribution < 1.29 is 23.1 Å². The van der Waals surface area contributed by atoms with Gasteiger partial charge in [-0.2, -0.15) is 0 Å². The molecule has 2 aliphatic heterocycles. The fourth-order valence-corrected chi connectivity index (χ4v) is 4.35. The van der Waals surface area contributed by atoms with Gasteiger partial charge in [0.2, 0.25) is 0 Å². The SMILES string of the molecule is O=C(N[C@@H]1CS(=O)(=O)C[C@H]1O)c1cccc2c1OCC2. The van der Waals surface area contributed by atoms with Crippen molar-refractivity contribution in [3.63, 3.8) is 0 Å². The summed E-state index contributed by atoms with van der Waals surface area (Å²) in [5.74, 6) is -0.387. The van der Waals surface area contributed by atoms with Crippen LogP contribution in [0.5, 0.6) is 5.75 Å². The molecule has 20 heavy (non-hydrogen) atoms. The van der Waals surface area contributed by atoms with Crippen LogP contribution in [-0.2, 0) is 16.3 Å². The molecule has 0 radical (unpaired) electrons. The third-order valence-electron chi connectivity index (χ3n) is 3.60. The Morgan fingerprint density at radius 3 is 2.85 bits per heavy atom. The van der Waals surface area contributed by atoms with Gasteiger partial charge in [-0.1, -0.05) is 12.1 Å². The van der Waals surface area contributed by atoms with Crippen LogP contribution in [0.15, 0.2) is 18.2 Å². The van der Waals surface area contributed by atoms with Crippen LogP contribution in [0.4, 0.5) is 0 Å². The third-order valence-corrected chi connectivity index (χ3v) is 5.31. The lowest BCUT2D eigenvalue weighted by molar-refractivity contribution is 0.0885. The highest BCUT2D eigenvalue weighted by Gasteiger charge is 2.37. The Balaban J connectivity index is 1.80. The minimum absolute atomic E-state index is 0.226. The maximum absolute atomic E-state index is 12.2. The number of rotatable bonds is 2. The summed E-state index contributed by atoms with van der Waals surface area (Å²) >= 11 is 0. The van der Waals surface area contributed by atoms with Crippen LogP contribution < -0.4 is 10.1 Å². The first-order valence-electron chi connectivity index (χ1n) is 6.40. The van der Waals surface area contributed by atoms with Crippen molar-refractivity contribution in [3.05, 3.63) is 29.3 Å². The van der Waals surface area contributed by atoms with Gasteiger partial charge in [-0.25, -0.2) is 8.42 Å². The largest absolute Gasteiger partial charge is 0.492 e. The van der Waals surface area contributed by atoms with E-state index in [2.05, 4.69) is 5.32 Å². The minimum atomic E-state index is -3.28. The molecule has 2 heterocycles. The standard InChI is InChI=1S/C13H15NO5S/c15-11-7-20(17,18)6-10(11)14-13(16)9-3-1-2-8-4-5-19-12(8)9/h1-3,10-11,15H,4-7H2,(H,14,16)/t10-,11-/m1/s1. The number of aliphatic hydroxyl groups excluding tert-OH is 1. The van der Waals surface area contributed by atoms with E-state index in [1.807, 2.05) is 6.07 Å². The zero-order chi connectivity index (χ0) is 14.3. The number of fused-ring (bicyclic) bond motifs is 1. The van der Waals surface area contributed by atoms with E-state index in [1.165, 1.54) is 0 Å². The van der Waals surface area contributed by atoms with Crippen molar-refractivity contribution >= 4 is 15.7 Å². The molecule has 108 valence electrons. The van der Waals surface area contributed by atoms with E-state index in [0.29, 0.717) is 17.9 Å². The zero-order valence-electron chi connectivity index (χ0n) is 10.7. The van der Waals surface area contributed by atoms with Crippen LogP contribution in [-0.4, -0.2) is 49.7 Å². The number of benzene rings is 1. The second kappa shape index (κ2) is 4.75. The van der Waals surface area contributed by atoms with Crippen molar-refractivity contribution in [3.8, 4) is 5.75 Å². The van der Waals surface area contributed by atoms with Crippen molar-refractivity contribution in [1.82, 2.24) is 5.32 Å². The van der Waals surface area contributed by atoms with Crippen LogP contribution in [0.3, 0.4) is 0 Å². The summed E-state index contributed by atoms with van der Waals surface area (Å²) in [7, 11) is -3.28. The van der Waals surface area contributed by atoms with Gasteiger partial charge in [0.15, 0.2) is 9.84 Å². The minimum Gasteiger partial charge on any atom is -0.492 e. The number of hydrogen-bond donors (Lipinski definition) is 2. The molecule has 1 fully saturated rings. The normalized spacial score (nSPS) is 26.9. The smallest absolute Gasteiger partial charge is 0.255 e. The molecule has 2 atom stereocenters. The Morgan fingerprint density at radius 2 is 2.15 bits per heavy atom. The molecule has 1 amide bonds. The van der Waals surface area contributed by atoms with E-state index in [-0.39, 0.29) is 11.5 Å². The van der Waals surface area contributed by atoms with Gasteiger partial charge >= 0.3 is 0 Å². The lowest BCUT2D eigenvalue weighted by atomic mass is 10.1. The van der Waals surface area contributed by atoms with Gasteiger partial charge in [-0.15, -0.1) is 0 Å². The van der Waals surface area contributed by atoms with Crippen molar-refractivity contribution in [1.29, 1.82) is 0 Å². The number of ether oxygens (including phenoxy) is 1. The van der Waals surface area contributed by atoms with Crippen molar-refractivity contribution in [2.24, 2.45) is 0 Å². The second-order valence-corrected chi connectivity index (χ2v) is 7.27. The number of nitrogens with one attached hydrogen (secondary N) is 1. The molecule has 0 saturated carbocycles. The van der Waals surface area contributed by atoms with E-state index in [4.69, 9.17) is 4.74 Å². The lowest BCUT2D eigenvalue weighted by Gasteiger charge is -2.16. The Kier molecular flexibility index (Phi) is 3.18. The molecular weight excluding hydrogens is 282 g/mol. The number of carbonyl (C=O) groups excluding carboxylic acids is 1. The first-order chi connectivity index (χ1) is 9.46. The second-order valence-electron chi connectivity index (χ2n) is 5.12. The highest BCUT2D eigenvalue weighted by Crippen LogP contribution is 2.29. The molecule has 7 heteroatoms. The van der Waals surface area contributed by atoms with Gasteiger partial charge in [0.05, 0.1) is 35.8 Å². The molecule has 0 aromatic heterocycles. The summed E-state index contributed by atoms with van der Waals surface area (Å²) in [5.41, 5.74) is 1.36. The predicted octanol–water partition coefficient (Wildman–Crippen LogP) is -0.491. The third kappa shape index (κ3) is 2.38. The number of amides is 1. The van der Waals surface area contributed by atoms with Crippen LogP contribution in [0.2, 0.25) is 0 Å². The molecule has 0 spiro atoms. The van der Waals surface area contributed by atoms with Crippen LogP contribution in [0.25, 0.3) is 0 Å². The topological polar surface area (TPSA) is 92.7 Å². The zero-order valence-corrected chi connectivity index (χ0v) is 11.5. The first-order valence-corrected chi connectivity index (χ1v) is 8.22. The van der Waals surface area contributed by atoms with E-state index < -0.39 is 27.9 Å². The summed E-state index contributed by atoms with van der Waals surface area (Å²) in [6.07, 6.45) is -0.293. The van der Waals surface area contributed by atoms with E-state index >= 15 is 0 Å². The maximum Gasteiger partial charge on any atom is 0.255 e. The monoisotopic (exact) mass is 297 g/mol. The molecule has 0 aliphatic carbocycles. The van der Waals surface area contributed by atoms with Crippen molar-refractivity contribution in [2.75, 3.05) is 18.1 Å². The molecular formula is C13H15NO5S. The van der Waals surface area contributed by atoms with Gasteiger partial charge < -0.3 is 15.2 Å². The average Bonchev–Trinajstić information content (AvgIpc) is 2.93. The summed E-state index contributed by atoms with van der Waals surface area (Å²) in [6.45, 7) is 0.542.